The smallest absolute Gasteiger partial charge is 0.330 e. The number of hydrogen-bond acceptors (Lipinski definition) is 8. The van der Waals surface area contributed by atoms with Crippen molar-refractivity contribution in [2.75, 3.05) is 23.8 Å². The SMILES string of the molecule is CCCCN(C(=O)COC(=O)Cc1ccccc1[N+](=O)[O-])c1c(N)n(CCC)c(=O)[nH]c1=O. The lowest BCUT2D eigenvalue weighted by molar-refractivity contribution is -0.385. The quantitative estimate of drug-likeness (QED) is 0.287. The fourth-order valence-electron chi connectivity index (χ4n) is 3.23. The lowest BCUT2D eigenvalue weighted by atomic mass is 10.1. The highest BCUT2D eigenvalue weighted by Gasteiger charge is 2.25. The Bertz CT molecular complexity index is 1140. The van der Waals surface area contributed by atoms with Crippen molar-refractivity contribution in [2.45, 2.75) is 46.1 Å². The molecule has 0 radical (unpaired) electrons. The summed E-state index contributed by atoms with van der Waals surface area (Å²) in [6.07, 6.45) is 1.40. The Balaban J connectivity index is 2.23. The number of H-pyrrole nitrogens is 1. The highest BCUT2D eigenvalue weighted by atomic mass is 16.6. The van der Waals surface area contributed by atoms with E-state index in [1.807, 2.05) is 13.8 Å². The Labute approximate surface area is 189 Å². The molecule has 33 heavy (non-hydrogen) atoms. The molecule has 1 aromatic carbocycles. The van der Waals surface area contributed by atoms with Gasteiger partial charge >= 0.3 is 11.7 Å². The summed E-state index contributed by atoms with van der Waals surface area (Å²) in [5, 5.41) is 11.1. The van der Waals surface area contributed by atoms with Crippen LogP contribution in [-0.4, -0.2) is 39.5 Å². The van der Waals surface area contributed by atoms with Gasteiger partial charge in [0.05, 0.1) is 11.3 Å². The molecule has 178 valence electrons. The van der Waals surface area contributed by atoms with Crippen molar-refractivity contribution < 1.29 is 19.2 Å². The number of nitro benzene ring substituents is 1. The zero-order valence-corrected chi connectivity index (χ0v) is 18.5. The predicted octanol–water partition coefficient (Wildman–Crippen LogP) is 1.36. The molecule has 0 spiro atoms. The average Bonchev–Trinajstić information content (AvgIpc) is 2.77. The molecule has 0 aliphatic carbocycles. The molecule has 0 bridgehead atoms. The van der Waals surface area contributed by atoms with Crippen LogP contribution < -0.4 is 21.9 Å². The van der Waals surface area contributed by atoms with Crippen LogP contribution in [0.4, 0.5) is 17.2 Å². The molecule has 12 nitrogen and oxygen atoms in total. The molecule has 1 amide bonds. The maximum Gasteiger partial charge on any atom is 0.330 e. The predicted molar refractivity (Wildman–Crippen MR) is 121 cm³/mol. The first kappa shape index (κ1) is 25.3. The standard InChI is InChI=1S/C21H27N5O7/c1-3-5-11-24(18-19(22)25(10-4-2)21(30)23-20(18)29)16(27)13-33-17(28)12-14-8-6-7-9-15(14)26(31)32/h6-9H,3-5,10-13,22H2,1-2H3,(H,23,29,30). The van der Waals surface area contributed by atoms with E-state index in [2.05, 4.69) is 4.98 Å². The number of nitrogens with zero attached hydrogens (tertiary/aromatic N) is 3. The monoisotopic (exact) mass is 461 g/mol. The normalized spacial score (nSPS) is 10.6. The van der Waals surface area contributed by atoms with Crippen molar-refractivity contribution in [2.24, 2.45) is 0 Å². The molecule has 2 rings (SSSR count). The fourth-order valence-corrected chi connectivity index (χ4v) is 3.23. The minimum Gasteiger partial charge on any atom is -0.455 e. The number of nitrogens with two attached hydrogens (primary N) is 1. The number of aromatic nitrogens is 2. The molecule has 1 aromatic heterocycles. The second-order valence-corrected chi connectivity index (χ2v) is 7.27. The van der Waals surface area contributed by atoms with Gasteiger partial charge in [0.15, 0.2) is 12.3 Å². The number of para-hydroxylation sites is 1. The average molecular weight is 461 g/mol. The van der Waals surface area contributed by atoms with Gasteiger partial charge in [-0.15, -0.1) is 0 Å². The summed E-state index contributed by atoms with van der Waals surface area (Å²) in [6.45, 7) is 3.38. The molecule has 0 saturated heterocycles. The number of carbonyl (C=O) groups is 2. The zero-order valence-electron chi connectivity index (χ0n) is 18.5. The number of ether oxygens (including phenoxy) is 1. The molecule has 12 heteroatoms. The van der Waals surface area contributed by atoms with Gasteiger partial charge in [-0.3, -0.25) is 34.0 Å². The van der Waals surface area contributed by atoms with Gasteiger partial charge in [0.1, 0.15) is 5.82 Å². The molecule has 0 aliphatic rings. The van der Waals surface area contributed by atoms with Crippen molar-refractivity contribution in [3.05, 3.63) is 60.8 Å². The molecule has 0 fully saturated rings. The molecule has 0 aliphatic heterocycles. The van der Waals surface area contributed by atoms with Crippen LogP contribution in [0.5, 0.6) is 0 Å². The third-order valence-electron chi connectivity index (χ3n) is 4.85. The van der Waals surface area contributed by atoms with Crippen molar-refractivity contribution in [1.82, 2.24) is 9.55 Å². The minimum atomic E-state index is -0.842. The lowest BCUT2D eigenvalue weighted by Crippen LogP contribution is -2.43. The largest absolute Gasteiger partial charge is 0.455 e. The molecular formula is C21H27N5O7. The molecular weight excluding hydrogens is 434 g/mol. The highest BCUT2D eigenvalue weighted by molar-refractivity contribution is 5.97. The van der Waals surface area contributed by atoms with Crippen LogP contribution in [0.3, 0.4) is 0 Å². The van der Waals surface area contributed by atoms with Crippen molar-refractivity contribution >= 4 is 29.1 Å². The summed E-state index contributed by atoms with van der Waals surface area (Å²) < 4.78 is 6.20. The van der Waals surface area contributed by atoms with Gasteiger partial charge in [-0.2, -0.15) is 0 Å². The summed E-state index contributed by atoms with van der Waals surface area (Å²) in [5.41, 5.74) is 4.30. The van der Waals surface area contributed by atoms with Gasteiger partial charge in [0, 0.05) is 24.7 Å². The third-order valence-corrected chi connectivity index (χ3v) is 4.85. The molecule has 0 saturated carbocycles. The lowest BCUT2D eigenvalue weighted by Gasteiger charge is -2.24. The summed E-state index contributed by atoms with van der Waals surface area (Å²) in [5.74, 6) is -1.70. The number of nitrogens with one attached hydrogen (secondary N) is 1. The van der Waals surface area contributed by atoms with E-state index < -0.39 is 41.1 Å². The Morgan fingerprint density at radius 2 is 1.91 bits per heavy atom. The van der Waals surface area contributed by atoms with Crippen LogP contribution in [0.25, 0.3) is 0 Å². The van der Waals surface area contributed by atoms with Gasteiger partial charge in [0.25, 0.3) is 17.2 Å². The van der Waals surface area contributed by atoms with E-state index in [4.69, 9.17) is 10.5 Å². The number of nitrogen functional groups attached to an aromatic ring is 1. The summed E-state index contributed by atoms with van der Waals surface area (Å²) in [4.78, 5) is 63.4. The van der Waals surface area contributed by atoms with Crippen LogP contribution in [0.1, 0.15) is 38.7 Å². The Morgan fingerprint density at radius 3 is 2.55 bits per heavy atom. The minimum absolute atomic E-state index is 0.120. The molecule has 0 atom stereocenters. The van der Waals surface area contributed by atoms with Crippen LogP contribution in [-0.2, 0) is 27.3 Å². The zero-order chi connectivity index (χ0) is 24.5. The van der Waals surface area contributed by atoms with Gasteiger partial charge in [-0.25, -0.2) is 4.79 Å². The second kappa shape index (κ2) is 11.6. The maximum absolute atomic E-state index is 12.9. The first-order chi connectivity index (χ1) is 15.7. The first-order valence-electron chi connectivity index (χ1n) is 10.5. The molecule has 0 unspecified atom stereocenters. The number of aromatic amines is 1. The van der Waals surface area contributed by atoms with E-state index in [0.717, 1.165) is 4.90 Å². The Kier molecular flexibility index (Phi) is 8.89. The number of hydrogen-bond donors (Lipinski definition) is 2. The van der Waals surface area contributed by atoms with Crippen LogP contribution >= 0.6 is 0 Å². The number of carbonyl (C=O) groups excluding carboxylic acids is 2. The van der Waals surface area contributed by atoms with Gasteiger partial charge in [-0.05, 0) is 12.8 Å². The molecule has 3 N–H and O–H groups in total. The number of benzene rings is 1. The van der Waals surface area contributed by atoms with E-state index in [1.165, 1.54) is 22.8 Å². The summed E-state index contributed by atoms with van der Waals surface area (Å²) >= 11 is 0. The number of unbranched alkanes of at least 4 members (excludes halogenated alkanes) is 1. The highest BCUT2D eigenvalue weighted by Crippen LogP contribution is 2.20. The van der Waals surface area contributed by atoms with E-state index >= 15 is 0 Å². The molecule has 1 heterocycles. The third kappa shape index (κ3) is 6.28. The fraction of sp³-hybridized carbons (Fsp3) is 0.429. The summed E-state index contributed by atoms with van der Waals surface area (Å²) in [6, 6.07) is 5.71. The van der Waals surface area contributed by atoms with E-state index in [0.29, 0.717) is 19.3 Å². The van der Waals surface area contributed by atoms with Crippen molar-refractivity contribution in [3.63, 3.8) is 0 Å². The van der Waals surface area contributed by atoms with Crippen molar-refractivity contribution in [3.8, 4) is 0 Å². The molecule has 2 aromatic rings. The number of amides is 1. The van der Waals surface area contributed by atoms with Crippen LogP contribution in [0.2, 0.25) is 0 Å². The summed E-state index contributed by atoms with van der Waals surface area (Å²) in [7, 11) is 0. The first-order valence-corrected chi connectivity index (χ1v) is 10.5. The number of anilines is 2. The van der Waals surface area contributed by atoms with E-state index in [9.17, 15) is 29.3 Å². The van der Waals surface area contributed by atoms with Gasteiger partial charge in [-0.1, -0.05) is 38.5 Å². The van der Waals surface area contributed by atoms with Crippen LogP contribution in [0, 0.1) is 10.1 Å². The van der Waals surface area contributed by atoms with Gasteiger partial charge < -0.3 is 15.4 Å². The van der Waals surface area contributed by atoms with E-state index in [1.54, 1.807) is 6.07 Å². The number of nitro groups is 1. The Hall–Kier alpha value is -3.96. The maximum atomic E-state index is 12.9. The van der Waals surface area contributed by atoms with E-state index in [-0.39, 0.29) is 35.8 Å². The Morgan fingerprint density at radius 1 is 1.21 bits per heavy atom. The number of esters is 1. The topological polar surface area (TPSA) is 171 Å². The van der Waals surface area contributed by atoms with Crippen LogP contribution in [0.15, 0.2) is 33.9 Å². The van der Waals surface area contributed by atoms with Gasteiger partial charge in [0.2, 0.25) is 0 Å². The second-order valence-electron chi connectivity index (χ2n) is 7.27. The van der Waals surface area contributed by atoms with Crippen molar-refractivity contribution in [1.29, 1.82) is 0 Å². The number of rotatable bonds is 11.